The average Bonchev–Trinajstić information content (AvgIpc) is 2.72. The van der Waals surface area contributed by atoms with Crippen molar-refractivity contribution >= 4 is 0 Å². The Labute approximate surface area is 126 Å². The second-order valence-electron chi connectivity index (χ2n) is 5.57. The maximum Gasteiger partial charge on any atom is 0.119 e. The van der Waals surface area contributed by atoms with Crippen molar-refractivity contribution in [2.75, 3.05) is 6.61 Å². The van der Waals surface area contributed by atoms with Crippen molar-refractivity contribution in [2.45, 2.75) is 46.2 Å². The minimum absolute atomic E-state index is 0.168. The summed E-state index contributed by atoms with van der Waals surface area (Å²) in [6.45, 7) is 7.78. The maximum atomic E-state index is 5.90. The summed E-state index contributed by atoms with van der Waals surface area (Å²) in [6, 6.07) is 10.1. The van der Waals surface area contributed by atoms with Crippen molar-refractivity contribution in [1.29, 1.82) is 0 Å². The van der Waals surface area contributed by atoms with Crippen LogP contribution in [0.2, 0.25) is 0 Å². The third-order valence-corrected chi connectivity index (χ3v) is 3.58. The number of aryl methyl sites for hydroxylation is 2. The van der Waals surface area contributed by atoms with E-state index >= 15 is 0 Å². The van der Waals surface area contributed by atoms with Crippen LogP contribution in [0.1, 0.15) is 30.3 Å². The molecule has 0 bridgehead atoms. The van der Waals surface area contributed by atoms with E-state index in [1.165, 1.54) is 11.3 Å². The molecule has 0 saturated heterocycles. The van der Waals surface area contributed by atoms with Gasteiger partial charge in [-0.2, -0.15) is 5.10 Å². The first-order valence-corrected chi connectivity index (χ1v) is 7.54. The quantitative estimate of drug-likeness (QED) is 0.797. The maximum absolute atomic E-state index is 5.90. The van der Waals surface area contributed by atoms with Gasteiger partial charge in [0.1, 0.15) is 5.75 Å². The molecule has 0 aliphatic heterocycles. The Bertz CT molecular complexity index is 561. The lowest BCUT2D eigenvalue weighted by Gasteiger charge is -2.08. The number of nitrogens with zero attached hydrogens (tertiary/aromatic N) is 2. The predicted octanol–water partition coefficient (Wildman–Crippen LogP) is 2.86. The number of hydrogen-bond donors (Lipinski definition) is 1. The monoisotopic (exact) mass is 287 g/mol. The topological polar surface area (TPSA) is 53.1 Å². The van der Waals surface area contributed by atoms with Crippen LogP contribution in [-0.4, -0.2) is 22.4 Å². The zero-order valence-electron chi connectivity index (χ0n) is 13.2. The molecule has 1 aromatic heterocycles. The van der Waals surface area contributed by atoms with Gasteiger partial charge in [-0.15, -0.1) is 0 Å². The summed E-state index contributed by atoms with van der Waals surface area (Å²) in [5, 5.41) is 4.61. The average molecular weight is 287 g/mol. The molecule has 2 N–H and O–H groups in total. The van der Waals surface area contributed by atoms with Crippen LogP contribution in [0.15, 0.2) is 30.3 Å². The molecule has 2 rings (SSSR count). The molecule has 1 unspecified atom stereocenters. The van der Waals surface area contributed by atoms with Crippen molar-refractivity contribution in [1.82, 2.24) is 9.78 Å². The standard InChI is InChI=1S/C17H25N3O/c1-13(18)12-17-14(2)19-20(15(17)3)10-7-11-21-16-8-5-4-6-9-16/h4-6,8-9,13H,7,10-12,18H2,1-3H3. The van der Waals surface area contributed by atoms with Gasteiger partial charge in [0.05, 0.1) is 12.3 Å². The van der Waals surface area contributed by atoms with Gasteiger partial charge >= 0.3 is 0 Å². The molecule has 0 spiro atoms. The Kier molecular flexibility index (Phi) is 5.39. The number of rotatable bonds is 7. The molecule has 4 nitrogen and oxygen atoms in total. The second-order valence-corrected chi connectivity index (χ2v) is 5.57. The number of para-hydroxylation sites is 1. The zero-order valence-corrected chi connectivity index (χ0v) is 13.2. The molecule has 4 heteroatoms. The van der Waals surface area contributed by atoms with Gasteiger partial charge in [0.2, 0.25) is 0 Å². The molecular weight excluding hydrogens is 262 g/mol. The van der Waals surface area contributed by atoms with Crippen LogP contribution in [-0.2, 0) is 13.0 Å². The fraction of sp³-hybridized carbons (Fsp3) is 0.471. The highest BCUT2D eigenvalue weighted by Crippen LogP contribution is 2.15. The molecule has 0 fully saturated rings. The molecule has 0 amide bonds. The normalized spacial score (nSPS) is 12.4. The number of nitrogens with two attached hydrogens (primary N) is 1. The molecule has 1 heterocycles. The molecule has 2 aromatic rings. The van der Waals surface area contributed by atoms with E-state index in [-0.39, 0.29) is 6.04 Å². The summed E-state index contributed by atoms with van der Waals surface area (Å²) < 4.78 is 7.78. The largest absolute Gasteiger partial charge is 0.494 e. The number of hydrogen-bond acceptors (Lipinski definition) is 3. The van der Waals surface area contributed by atoms with E-state index in [1.54, 1.807) is 0 Å². The van der Waals surface area contributed by atoms with Crippen molar-refractivity contribution in [3.63, 3.8) is 0 Å². The Morgan fingerprint density at radius 1 is 1.24 bits per heavy atom. The van der Waals surface area contributed by atoms with Crippen LogP contribution in [0.4, 0.5) is 0 Å². The van der Waals surface area contributed by atoms with Crippen LogP contribution in [0.5, 0.6) is 5.75 Å². The van der Waals surface area contributed by atoms with E-state index in [1.807, 2.05) is 37.3 Å². The van der Waals surface area contributed by atoms with Gasteiger partial charge in [-0.1, -0.05) is 18.2 Å². The lowest BCUT2D eigenvalue weighted by molar-refractivity contribution is 0.298. The van der Waals surface area contributed by atoms with Gasteiger partial charge in [0.25, 0.3) is 0 Å². The van der Waals surface area contributed by atoms with Crippen LogP contribution in [0, 0.1) is 13.8 Å². The summed E-state index contributed by atoms with van der Waals surface area (Å²) >= 11 is 0. The van der Waals surface area contributed by atoms with Crippen molar-refractivity contribution in [2.24, 2.45) is 5.73 Å². The number of ether oxygens (including phenoxy) is 1. The molecule has 0 saturated carbocycles. The second kappa shape index (κ2) is 7.27. The minimum atomic E-state index is 0.168. The first-order valence-electron chi connectivity index (χ1n) is 7.54. The molecule has 21 heavy (non-hydrogen) atoms. The van der Waals surface area contributed by atoms with Gasteiger partial charge in [0.15, 0.2) is 0 Å². The van der Waals surface area contributed by atoms with Gasteiger partial charge in [-0.05, 0) is 44.9 Å². The Morgan fingerprint density at radius 3 is 2.62 bits per heavy atom. The molecule has 1 atom stereocenters. The fourth-order valence-corrected chi connectivity index (χ4v) is 2.49. The Balaban J connectivity index is 1.86. The highest BCUT2D eigenvalue weighted by molar-refractivity contribution is 5.25. The summed E-state index contributed by atoms with van der Waals surface area (Å²) in [7, 11) is 0. The summed E-state index contributed by atoms with van der Waals surface area (Å²) in [6.07, 6.45) is 1.83. The summed E-state index contributed by atoms with van der Waals surface area (Å²) in [5.74, 6) is 0.920. The fourth-order valence-electron chi connectivity index (χ4n) is 2.49. The van der Waals surface area contributed by atoms with Crippen molar-refractivity contribution in [3.8, 4) is 5.75 Å². The van der Waals surface area contributed by atoms with Gasteiger partial charge in [-0.3, -0.25) is 4.68 Å². The third-order valence-electron chi connectivity index (χ3n) is 3.58. The van der Waals surface area contributed by atoms with Gasteiger partial charge in [-0.25, -0.2) is 0 Å². The highest BCUT2D eigenvalue weighted by atomic mass is 16.5. The van der Waals surface area contributed by atoms with Crippen molar-refractivity contribution < 1.29 is 4.74 Å². The summed E-state index contributed by atoms with van der Waals surface area (Å²) in [5.41, 5.74) is 9.50. The molecule has 0 radical (unpaired) electrons. The Morgan fingerprint density at radius 2 is 1.95 bits per heavy atom. The molecule has 0 aliphatic carbocycles. The zero-order chi connectivity index (χ0) is 15.2. The van der Waals surface area contributed by atoms with Crippen LogP contribution in [0.25, 0.3) is 0 Å². The first-order chi connectivity index (χ1) is 10.1. The lowest BCUT2D eigenvalue weighted by atomic mass is 10.1. The van der Waals surface area contributed by atoms with E-state index in [2.05, 4.69) is 23.6 Å². The van der Waals surface area contributed by atoms with E-state index < -0.39 is 0 Å². The highest BCUT2D eigenvalue weighted by Gasteiger charge is 2.12. The molecule has 0 aliphatic rings. The van der Waals surface area contributed by atoms with E-state index in [4.69, 9.17) is 10.5 Å². The van der Waals surface area contributed by atoms with Crippen LogP contribution in [0.3, 0.4) is 0 Å². The van der Waals surface area contributed by atoms with E-state index in [0.29, 0.717) is 6.61 Å². The van der Waals surface area contributed by atoms with Crippen LogP contribution >= 0.6 is 0 Å². The number of aromatic nitrogens is 2. The predicted molar refractivity (Wildman–Crippen MR) is 85.6 cm³/mol. The van der Waals surface area contributed by atoms with E-state index in [0.717, 1.165) is 30.8 Å². The van der Waals surface area contributed by atoms with Gasteiger partial charge in [0, 0.05) is 24.7 Å². The Hall–Kier alpha value is -1.81. The van der Waals surface area contributed by atoms with E-state index in [9.17, 15) is 0 Å². The lowest BCUT2D eigenvalue weighted by Crippen LogP contribution is -2.18. The van der Waals surface area contributed by atoms with Gasteiger partial charge < -0.3 is 10.5 Å². The molecule has 1 aromatic carbocycles. The molecular formula is C17H25N3O. The van der Waals surface area contributed by atoms with Crippen molar-refractivity contribution in [3.05, 3.63) is 47.3 Å². The molecule has 114 valence electrons. The smallest absolute Gasteiger partial charge is 0.119 e. The summed E-state index contributed by atoms with van der Waals surface area (Å²) in [4.78, 5) is 0. The number of benzene rings is 1. The first kappa shape index (κ1) is 15.6. The third kappa shape index (κ3) is 4.33. The van der Waals surface area contributed by atoms with Crippen LogP contribution < -0.4 is 10.5 Å². The minimum Gasteiger partial charge on any atom is -0.494 e. The SMILES string of the molecule is Cc1nn(CCCOc2ccccc2)c(C)c1CC(C)N.